The van der Waals surface area contributed by atoms with Crippen LogP contribution in [0.25, 0.3) is 43.1 Å². The van der Waals surface area contributed by atoms with E-state index in [-0.39, 0.29) is 0 Å². The second-order valence-corrected chi connectivity index (χ2v) is 9.36. The van der Waals surface area contributed by atoms with E-state index in [1.807, 2.05) is 0 Å². The van der Waals surface area contributed by atoms with Gasteiger partial charge in [-0.15, -0.1) is 0 Å². The van der Waals surface area contributed by atoms with Crippen molar-refractivity contribution in [2.45, 2.75) is 65.2 Å². The molecule has 32 heavy (non-hydrogen) atoms. The molecule has 0 spiro atoms. The Morgan fingerprint density at radius 3 is 1.03 bits per heavy atom. The van der Waals surface area contributed by atoms with Gasteiger partial charge in [0.15, 0.2) is 0 Å². The summed E-state index contributed by atoms with van der Waals surface area (Å²) in [5.74, 6) is 0. The maximum Gasteiger partial charge on any atom is -0.0136 e. The van der Waals surface area contributed by atoms with Crippen molar-refractivity contribution in [1.29, 1.82) is 0 Å². The Hall–Kier alpha value is -2.86. The van der Waals surface area contributed by atoms with Crippen LogP contribution >= 0.6 is 0 Å². The first-order chi connectivity index (χ1) is 15.8. The fourth-order valence-electron chi connectivity index (χ4n) is 5.41. The molecule has 5 aromatic rings. The second-order valence-electron chi connectivity index (χ2n) is 9.36. The minimum atomic E-state index is 1.16. The Kier molecular flexibility index (Phi) is 6.12. The quantitative estimate of drug-likeness (QED) is 0.174. The van der Waals surface area contributed by atoms with Crippen LogP contribution in [-0.4, -0.2) is 0 Å². The summed E-state index contributed by atoms with van der Waals surface area (Å²) >= 11 is 0. The molecule has 5 rings (SSSR count). The minimum Gasteiger partial charge on any atom is -0.0654 e. The minimum absolute atomic E-state index is 1.16. The van der Waals surface area contributed by atoms with Crippen molar-refractivity contribution in [2.24, 2.45) is 0 Å². The number of benzene rings is 5. The lowest BCUT2D eigenvalue weighted by Gasteiger charge is -2.19. The summed E-state index contributed by atoms with van der Waals surface area (Å²) < 4.78 is 0. The van der Waals surface area contributed by atoms with Gasteiger partial charge in [0, 0.05) is 0 Å². The molecule has 0 saturated carbocycles. The van der Waals surface area contributed by atoms with Gasteiger partial charge in [-0.05, 0) is 104 Å². The lowest BCUT2D eigenvalue weighted by molar-refractivity contribution is 0.719. The van der Waals surface area contributed by atoms with Crippen LogP contribution in [0.5, 0.6) is 0 Å². The fourth-order valence-corrected chi connectivity index (χ4v) is 5.41. The molecular formula is C32H34. The van der Waals surface area contributed by atoms with Crippen LogP contribution in [-0.2, 0) is 12.8 Å². The zero-order valence-corrected chi connectivity index (χ0v) is 19.6. The van der Waals surface area contributed by atoms with Gasteiger partial charge in [-0.25, -0.2) is 0 Å². The highest BCUT2D eigenvalue weighted by Crippen LogP contribution is 2.39. The van der Waals surface area contributed by atoms with Crippen LogP contribution in [0.1, 0.15) is 63.5 Å². The van der Waals surface area contributed by atoms with Crippen molar-refractivity contribution in [3.8, 4) is 0 Å². The van der Waals surface area contributed by atoms with E-state index in [0.29, 0.717) is 0 Å². The summed E-state index contributed by atoms with van der Waals surface area (Å²) in [6.45, 7) is 4.60. The average Bonchev–Trinajstić information content (AvgIpc) is 2.83. The van der Waals surface area contributed by atoms with Crippen molar-refractivity contribution in [2.75, 3.05) is 0 Å². The molecule has 0 aliphatic carbocycles. The van der Waals surface area contributed by atoms with E-state index in [1.54, 1.807) is 11.1 Å². The Morgan fingerprint density at radius 1 is 0.438 bits per heavy atom. The summed E-state index contributed by atoms with van der Waals surface area (Å²) in [6.07, 6.45) is 9.95. The molecule has 0 heteroatoms. The molecule has 0 aliphatic heterocycles. The topological polar surface area (TPSA) is 0 Å². The average molecular weight is 419 g/mol. The van der Waals surface area contributed by atoms with Gasteiger partial charge >= 0.3 is 0 Å². The van der Waals surface area contributed by atoms with E-state index in [2.05, 4.69) is 86.6 Å². The predicted octanol–water partition coefficient (Wildman–Crippen LogP) is 9.76. The van der Waals surface area contributed by atoms with E-state index in [1.165, 1.54) is 81.6 Å². The molecule has 0 aliphatic rings. The van der Waals surface area contributed by atoms with Crippen LogP contribution in [0.15, 0.2) is 72.8 Å². The van der Waals surface area contributed by atoms with Gasteiger partial charge in [0.05, 0.1) is 0 Å². The molecule has 0 bridgehead atoms. The summed E-state index contributed by atoms with van der Waals surface area (Å²) in [6, 6.07) is 27.7. The molecular weight excluding hydrogens is 384 g/mol. The maximum absolute atomic E-state index is 2.48. The van der Waals surface area contributed by atoms with Gasteiger partial charge in [-0.2, -0.15) is 0 Å². The standard InChI is InChI=1S/C32H34/c1-3-5-7-17-27-29-19-23-13-9-11-15-25(23)21-31(29)28(18-8-6-4-2)32-22-26-16-12-10-14-24(26)20-30(27)32/h9-16,19-22H,3-8,17-18H2,1-2H3. The normalized spacial score (nSPS) is 11.8. The zero-order valence-electron chi connectivity index (χ0n) is 19.6. The molecule has 0 heterocycles. The molecule has 0 aromatic heterocycles. The Labute approximate surface area is 192 Å². The van der Waals surface area contributed by atoms with Crippen molar-refractivity contribution < 1.29 is 0 Å². The van der Waals surface area contributed by atoms with E-state index < -0.39 is 0 Å². The Balaban J connectivity index is 1.87. The third kappa shape index (κ3) is 3.88. The number of hydrogen-bond donors (Lipinski definition) is 0. The number of unbranched alkanes of at least 4 members (excludes halogenated alkanes) is 4. The first kappa shape index (κ1) is 21.0. The molecule has 0 nitrogen and oxygen atoms in total. The van der Waals surface area contributed by atoms with Gasteiger partial charge in [0.2, 0.25) is 0 Å². The molecule has 5 aromatic carbocycles. The molecule has 0 fully saturated rings. The SMILES string of the molecule is CCCCCc1c2cc3ccccc3cc2c(CCCCC)c2cc3ccccc3cc12. The van der Waals surface area contributed by atoms with Crippen molar-refractivity contribution >= 4 is 43.1 Å². The zero-order chi connectivity index (χ0) is 21.9. The number of fused-ring (bicyclic) bond motifs is 4. The van der Waals surface area contributed by atoms with Gasteiger partial charge in [-0.3, -0.25) is 0 Å². The molecule has 0 amide bonds. The smallest absolute Gasteiger partial charge is 0.0136 e. The van der Waals surface area contributed by atoms with Gasteiger partial charge < -0.3 is 0 Å². The van der Waals surface area contributed by atoms with Gasteiger partial charge in [0.1, 0.15) is 0 Å². The molecule has 0 atom stereocenters. The maximum atomic E-state index is 2.48. The van der Waals surface area contributed by atoms with Crippen LogP contribution in [0.3, 0.4) is 0 Å². The summed E-state index contributed by atoms with van der Waals surface area (Å²) in [7, 11) is 0. The van der Waals surface area contributed by atoms with Gasteiger partial charge in [-0.1, -0.05) is 88.1 Å². The Bertz CT molecular complexity index is 1190. The van der Waals surface area contributed by atoms with E-state index in [9.17, 15) is 0 Å². The van der Waals surface area contributed by atoms with Crippen LogP contribution < -0.4 is 0 Å². The molecule has 162 valence electrons. The van der Waals surface area contributed by atoms with E-state index in [4.69, 9.17) is 0 Å². The molecule has 0 radical (unpaired) electrons. The summed E-state index contributed by atoms with van der Waals surface area (Å²) in [4.78, 5) is 0. The van der Waals surface area contributed by atoms with Gasteiger partial charge in [0.25, 0.3) is 0 Å². The monoisotopic (exact) mass is 418 g/mol. The first-order valence-electron chi connectivity index (χ1n) is 12.6. The lowest BCUT2D eigenvalue weighted by atomic mass is 9.85. The van der Waals surface area contributed by atoms with Crippen molar-refractivity contribution in [3.63, 3.8) is 0 Å². The van der Waals surface area contributed by atoms with Crippen LogP contribution in [0, 0.1) is 0 Å². The predicted molar refractivity (Wildman–Crippen MR) is 143 cm³/mol. The summed E-state index contributed by atoms with van der Waals surface area (Å²) in [5.41, 5.74) is 3.11. The molecule has 0 unspecified atom stereocenters. The number of hydrogen-bond acceptors (Lipinski definition) is 0. The fraction of sp³-hybridized carbons (Fsp3) is 0.312. The highest BCUT2D eigenvalue weighted by molar-refractivity contribution is 6.13. The van der Waals surface area contributed by atoms with Crippen molar-refractivity contribution in [3.05, 3.63) is 83.9 Å². The number of rotatable bonds is 8. The van der Waals surface area contributed by atoms with E-state index >= 15 is 0 Å². The third-order valence-electron chi connectivity index (χ3n) is 7.13. The molecule has 0 saturated heterocycles. The highest BCUT2D eigenvalue weighted by atomic mass is 14.2. The van der Waals surface area contributed by atoms with Crippen LogP contribution in [0.2, 0.25) is 0 Å². The number of aryl methyl sites for hydroxylation is 2. The largest absolute Gasteiger partial charge is 0.0654 e. The second kappa shape index (κ2) is 9.33. The summed E-state index contributed by atoms with van der Waals surface area (Å²) in [5, 5.41) is 11.4. The van der Waals surface area contributed by atoms with E-state index in [0.717, 1.165) is 12.8 Å². The Morgan fingerprint density at radius 2 is 0.750 bits per heavy atom. The lowest BCUT2D eigenvalue weighted by Crippen LogP contribution is -1.98. The highest BCUT2D eigenvalue weighted by Gasteiger charge is 2.15. The molecule has 0 N–H and O–H groups in total. The first-order valence-corrected chi connectivity index (χ1v) is 12.6. The van der Waals surface area contributed by atoms with Crippen LogP contribution in [0.4, 0.5) is 0 Å². The van der Waals surface area contributed by atoms with Crippen molar-refractivity contribution in [1.82, 2.24) is 0 Å². The third-order valence-corrected chi connectivity index (χ3v) is 7.13.